The summed E-state index contributed by atoms with van der Waals surface area (Å²) in [6.07, 6.45) is 5.90. The fourth-order valence-electron chi connectivity index (χ4n) is 2.40. The fraction of sp³-hybridized carbons (Fsp3) is 0.462. The molecule has 0 radical (unpaired) electrons. The summed E-state index contributed by atoms with van der Waals surface area (Å²) in [5.41, 5.74) is 2.66. The molecule has 2 N–H and O–H groups in total. The van der Waals surface area contributed by atoms with E-state index in [-0.39, 0.29) is 6.03 Å². The number of hydrogen-bond acceptors (Lipinski definition) is 4. The third kappa shape index (κ3) is 3.16. The van der Waals surface area contributed by atoms with Gasteiger partial charge in [-0.1, -0.05) is 0 Å². The Kier molecular flexibility index (Phi) is 3.96. The highest BCUT2D eigenvalue weighted by molar-refractivity contribution is 7.07. The summed E-state index contributed by atoms with van der Waals surface area (Å²) in [6.45, 7) is 2.11. The third-order valence-electron chi connectivity index (χ3n) is 3.50. The monoisotopic (exact) mass is 291 g/mol. The second kappa shape index (κ2) is 6.04. The first-order chi connectivity index (χ1) is 9.81. The Morgan fingerprint density at radius 2 is 2.40 bits per heavy atom. The molecule has 3 heterocycles. The average molecular weight is 291 g/mol. The van der Waals surface area contributed by atoms with Crippen LogP contribution in [0.1, 0.15) is 17.9 Å². The molecule has 106 valence electrons. The normalized spacial score (nSPS) is 17.5. The number of thiazole rings is 1. The van der Waals surface area contributed by atoms with E-state index in [9.17, 15) is 4.79 Å². The fourth-order valence-corrected chi connectivity index (χ4v) is 2.96. The number of amides is 2. The number of imidazole rings is 1. The minimum Gasteiger partial charge on any atom is -0.338 e. The van der Waals surface area contributed by atoms with E-state index in [1.165, 1.54) is 11.3 Å². The predicted octanol–water partition coefficient (Wildman–Crippen LogP) is 1.40. The number of carbonyl (C=O) groups excluding carboxylic acids is 1. The molecule has 0 saturated heterocycles. The minimum absolute atomic E-state index is 0.130. The number of nitrogens with zero attached hydrogens (tertiary/aromatic N) is 3. The molecule has 1 atom stereocenters. The minimum atomic E-state index is -0.130. The number of rotatable bonds is 4. The van der Waals surface area contributed by atoms with Gasteiger partial charge in [0.1, 0.15) is 5.82 Å². The van der Waals surface area contributed by atoms with Crippen LogP contribution in [0.4, 0.5) is 4.79 Å². The van der Waals surface area contributed by atoms with Crippen LogP contribution < -0.4 is 10.6 Å². The summed E-state index contributed by atoms with van der Waals surface area (Å²) in [6, 6.07) is -0.130. The highest BCUT2D eigenvalue weighted by Crippen LogP contribution is 2.17. The Balaban J connectivity index is 1.40. The van der Waals surface area contributed by atoms with E-state index in [1.807, 2.05) is 17.8 Å². The van der Waals surface area contributed by atoms with Gasteiger partial charge in [0.15, 0.2) is 0 Å². The molecule has 1 aliphatic heterocycles. The Hall–Kier alpha value is -1.89. The van der Waals surface area contributed by atoms with Gasteiger partial charge in [-0.3, -0.25) is 0 Å². The molecular formula is C13H17N5OS. The maximum absolute atomic E-state index is 11.7. The van der Waals surface area contributed by atoms with Gasteiger partial charge in [-0.05, 0) is 12.3 Å². The Morgan fingerprint density at radius 3 is 3.25 bits per heavy atom. The molecule has 1 unspecified atom stereocenters. The van der Waals surface area contributed by atoms with Crippen molar-refractivity contribution >= 4 is 17.4 Å². The number of carbonyl (C=O) groups is 1. The molecule has 2 amide bonds. The Bertz CT molecular complexity index is 565. The van der Waals surface area contributed by atoms with Gasteiger partial charge >= 0.3 is 6.03 Å². The summed E-state index contributed by atoms with van der Waals surface area (Å²) in [7, 11) is 0. The molecule has 7 heteroatoms. The SMILES string of the molecule is O=C(NCc1cscn1)NCC1CCc2nccn2C1. The molecule has 0 fully saturated rings. The van der Waals surface area contributed by atoms with Crippen molar-refractivity contribution in [3.8, 4) is 0 Å². The zero-order valence-corrected chi connectivity index (χ0v) is 11.9. The van der Waals surface area contributed by atoms with Crippen molar-refractivity contribution in [1.82, 2.24) is 25.2 Å². The summed E-state index contributed by atoms with van der Waals surface area (Å²) in [4.78, 5) is 20.1. The van der Waals surface area contributed by atoms with Gasteiger partial charge in [0.2, 0.25) is 0 Å². The number of aryl methyl sites for hydroxylation is 1. The van der Waals surface area contributed by atoms with Gasteiger partial charge in [-0.25, -0.2) is 14.8 Å². The van der Waals surface area contributed by atoms with Crippen LogP contribution in [0.3, 0.4) is 0 Å². The molecule has 2 aromatic heterocycles. The van der Waals surface area contributed by atoms with Crippen LogP contribution in [-0.4, -0.2) is 27.1 Å². The van der Waals surface area contributed by atoms with Crippen molar-refractivity contribution in [2.24, 2.45) is 5.92 Å². The lowest BCUT2D eigenvalue weighted by atomic mass is 9.99. The molecule has 0 bridgehead atoms. The van der Waals surface area contributed by atoms with Crippen LogP contribution in [0, 0.1) is 5.92 Å². The first kappa shape index (κ1) is 13.1. The molecule has 0 aliphatic carbocycles. The van der Waals surface area contributed by atoms with Gasteiger partial charge in [0, 0.05) is 37.3 Å². The van der Waals surface area contributed by atoms with Crippen LogP contribution in [0.25, 0.3) is 0 Å². The van der Waals surface area contributed by atoms with Crippen molar-refractivity contribution in [2.75, 3.05) is 6.54 Å². The van der Waals surface area contributed by atoms with E-state index in [1.54, 1.807) is 5.51 Å². The van der Waals surface area contributed by atoms with Gasteiger partial charge in [-0.2, -0.15) is 0 Å². The molecule has 3 rings (SSSR count). The first-order valence-electron chi connectivity index (χ1n) is 6.70. The second-order valence-corrected chi connectivity index (χ2v) is 5.66. The molecule has 20 heavy (non-hydrogen) atoms. The highest BCUT2D eigenvalue weighted by atomic mass is 32.1. The van der Waals surface area contributed by atoms with E-state index in [4.69, 9.17) is 0 Å². The molecular weight excluding hydrogens is 274 g/mol. The van der Waals surface area contributed by atoms with E-state index in [2.05, 4.69) is 25.2 Å². The lowest BCUT2D eigenvalue weighted by Crippen LogP contribution is -2.39. The van der Waals surface area contributed by atoms with Crippen molar-refractivity contribution in [1.29, 1.82) is 0 Å². The van der Waals surface area contributed by atoms with Crippen LogP contribution in [-0.2, 0) is 19.5 Å². The average Bonchev–Trinajstić information content (AvgIpc) is 3.13. The molecule has 6 nitrogen and oxygen atoms in total. The molecule has 0 saturated carbocycles. The Labute approximate surface area is 121 Å². The molecule has 0 aromatic carbocycles. The summed E-state index contributed by atoms with van der Waals surface area (Å²) in [5, 5.41) is 7.68. The summed E-state index contributed by atoms with van der Waals surface area (Å²) < 4.78 is 2.17. The lowest BCUT2D eigenvalue weighted by Gasteiger charge is -2.23. The molecule has 1 aliphatic rings. The maximum atomic E-state index is 11.7. The number of urea groups is 1. The lowest BCUT2D eigenvalue weighted by molar-refractivity contribution is 0.236. The largest absolute Gasteiger partial charge is 0.338 e. The maximum Gasteiger partial charge on any atom is 0.315 e. The molecule has 0 spiro atoms. The van der Waals surface area contributed by atoms with Crippen LogP contribution in [0.2, 0.25) is 0 Å². The first-order valence-corrected chi connectivity index (χ1v) is 7.64. The van der Waals surface area contributed by atoms with Crippen molar-refractivity contribution < 1.29 is 4.79 Å². The molecule has 2 aromatic rings. The van der Waals surface area contributed by atoms with Gasteiger partial charge in [-0.15, -0.1) is 11.3 Å². The predicted molar refractivity (Wildman–Crippen MR) is 76.4 cm³/mol. The van der Waals surface area contributed by atoms with Crippen LogP contribution in [0.15, 0.2) is 23.3 Å². The van der Waals surface area contributed by atoms with Crippen molar-refractivity contribution in [2.45, 2.75) is 25.9 Å². The third-order valence-corrected chi connectivity index (χ3v) is 4.13. The van der Waals surface area contributed by atoms with E-state index in [0.29, 0.717) is 19.0 Å². The van der Waals surface area contributed by atoms with E-state index >= 15 is 0 Å². The van der Waals surface area contributed by atoms with Gasteiger partial charge < -0.3 is 15.2 Å². The van der Waals surface area contributed by atoms with Crippen LogP contribution in [0.5, 0.6) is 0 Å². The van der Waals surface area contributed by atoms with E-state index < -0.39 is 0 Å². The standard InChI is InChI=1S/C13H17N5OS/c19-13(16-6-11-8-20-9-17-11)15-5-10-1-2-12-14-3-4-18(12)7-10/h3-4,8-10H,1-2,5-7H2,(H2,15,16,19). The topological polar surface area (TPSA) is 71.8 Å². The van der Waals surface area contributed by atoms with Gasteiger partial charge in [0.05, 0.1) is 17.7 Å². The number of fused-ring (bicyclic) bond motifs is 1. The highest BCUT2D eigenvalue weighted by Gasteiger charge is 2.19. The summed E-state index contributed by atoms with van der Waals surface area (Å²) >= 11 is 1.53. The quantitative estimate of drug-likeness (QED) is 0.894. The van der Waals surface area contributed by atoms with Crippen molar-refractivity contribution in [3.05, 3.63) is 34.8 Å². The second-order valence-electron chi connectivity index (χ2n) is 4.94. The van der Waals surface area contributed by atoms with E-state index in [0.717, 1.165) is 30.9 Å². The van der Waals surface area contributed by atoms with Crippen molar-refractivity contribution in [3.63, 3.8) is 0 Å². The Morgan fingerprint density at radius 1 is 1.45 bits per heavy atom. The zero-order chi connectivity index (χ0) is 13.8. The number of nitrogens with one attached hydrogen (secondary N) is 2. The van der Waals surface area contributed by atoms with Crippen LogP contribution >= 0.6 is 11.3 Å². The smallest absolute Gasteiger partial charge is 0.315 e. The van der Waals surface area contributed by atoms with Gasteiger partial charge in [0.25, 0.3) is 0 Å². The number of hydrogen-bond donors (Lipinski definition) is 2. The number of aromatic nitrogens is 3. The zero-order valence-electron chi connectivity index (χ0n) is 11.1. The summed E-state index contributed by atoms with van der Waals surface area (Å²) in [5.74, 6) is 1.62.